The summed E-state index contributed by atoms with van der Waals surface area (Å²) >= 11 is 7.44. The lowest BCUT2D eigenvalue weighted by Gasteiger charge is -2.20. The lowest BCUT2D eigenvalue weighted by atomic mass is 10.1. The molecule has 3 nitrogen and oxygen atoms in total. The summed E-state index contributed by atoms with van der Waals surface area (Å²) in [5, 5.41) is 11.0. The van der Waals surface area contributed by atoms with Gasteiger partial charge in [-0.3, -0.25) is 0 Å². The molecule has 110 valence electrons. The van der Waals surface area contributed by atoms with Gasteiger partial charge < -0.3 is 14.6 Å². The third-order valence-corrected chi connectivity index (χ3v) is 4.51. The Balaban J connectivity index is 1.65. The highest BCUT2D eigenvalue weighted by Gasteiger charge is 2.15. The third kappa shape index (κ3) is 3.64. The van der Waals surface area contributed by atoms with Gasteiger partial charge in [0.1, 0.15) is 13.2 Å². The summed E-state index contributed by atoms with van der Waals surface area (Å²) in [4.78, 5) is 1.08. The summed E-state index contributed by atoms with van der Waals surface area (Å²) in [5.74, 6) is 2.01. The van der Waals surface area contributed by atoms with Crippen LogP contribution in [-0.4, -0.2) is 24.1 Å². The van der Waals surface area contributed by atoms with E-state index in [9.17, 15) is 5.11 Å². The predicted octanol–water partition coefficient (Wildman–Crippen LogP) is 3.94. The maximum Gasteiger partial charge on any atom is 0.161 e. The van der Waals surface area contributed by atoms with Gasteiger partial charge in [-0.05, 0) is 42.0 Å². The molecule has 0 fully saturated rings. The lowest BCUT2D eigenvalue weighted by molar-refractivity contribution is 0.169. The molecule has 1 aliphatic rings. The van der Waals surface area contributed by atoms with E-state index in [1.54, 1.807) is 11.8 Å². The van der Waals surface area contributed by atoms with E-state index in [4.69, 9.17) is 21.1 Å². The van der Waals surface area contributed by atoms with E-state index in [1.807, 2.05) is 42.5 Å². The van der Waals surface area contributed by atoms with Crippen molar-refractivity contribution in [1.29, 1.82) is 0 Å². The lowest BCUT2D eigenvalue weighted by Crippen LogP contribution is -2.15. The average molecular weight is 323 g/mol. The van der Waals surface area contributed by atoms with Crippen LogP contribution in [0.1, 0.15) is 11.7 Å². The van der Waals surface area contributed by atoms with Crippen molar-refractivity contribution < 1.29 is 14.6 Å². The summed E-state index contributed by atoms with van der Waals surface area (Å²) in [6.07, 6.45) is -0.554. The average Bonchev–Trinajstić information content (AvgIpc) is 2.53. The van der Waals surface area contributed by atoms with E-state index in [-0.39, 0.29) is 0 Å². The van der Waals surface area contributed by atoms with Crippen molar-refractivity contribution in [2.75, 3.05) is 19.0 Å². The topological polar surface area (TPSA) is 38.7 Å². The molecule has 0 aromatic heterocycles. The maximum atomic E-state index is 10.3. The smallest absolute Gasteiger partial charge is 0.161 e. The van der Waals surface area contributed by atoms with E-state index < -0.39 is 6.10 Å². The standard InChI is InChI=1S/C16H15ClO3S/c17-12-2-4-13(5-3-12)21-10-14(18)11-1-6-15-16(9-11)20-8-7-19-15/h1-6,9,14,18H,7-8,10H2. The van der Waals surface area contributed by atoms with Crippen LogP contribution in [0.2, 0.25) is 5.02 Å². The first-order chi connectivity index (χ1) is 10.2. The van der Waals surface area contributed by atoms with E-state index >= 15 is 0 Å². The first kappa shape index (κ1) is 14.6. The summed E-state index contributed by atoms with van der Waals surface area (Å²) < 4.78 is 11.0. The molecule has 1 unspecified atom stereocenters. The van der Waals surface area contributed by atoms with Crippen molar-refractivity contribution in [1.82, 2.24) is 0 Å². The zero-order chi connectivity index (χ0) is 14.7. The van der Waals surface area contributed by atoms with Gasteiger partial charge in [0.15, 0.2) is 11.5 Å². The van der Waals surface area contributed by atoms with Gasteiger partial charge in [-0.25, -0.2) is 0 Å². The zero-order valence-corrected chi connectivity index (χ0v) is 12.9. The monoisotopic (exact) mass is 322 g/mol. The number of thioether (sulfide) groups is 1. The number of hydrogen-bond donors (Lipinski definition) is 1. The van der Waals surface area contributed by atoms with Gasteiger partial charge >= 0.3 is 0 Å². The molecule has 1 aliphatic heterocycles. The molecule has 0 radical (unpaired) electrons. The molecule has 3 rings (SSSR count). The van der Waals surface area contributed by atoms with Crippen molar-refractivity contribution in [3.63, 3.8) is 0 Å². The number of halogens is 1. The Morgan fingerprint density at radius 3 is 2.52 bits per heavy atom. The highest BCUT2D eigenvalue weighted by atomic mass is 35.5. The van der Waals surface area contributed by atoms with Crippen molar-refractivity contribution in [2.45, 2.75) is 11.0 Å². The minimum atomic E-state index is -0.554. The molecule has 0 amide bonds. The first-order valence-electron chi connectivity index (χ1n) is 6.68. The quantitative estimate of drug-likeness (QED) is 0.865. The molecule has 1 heterocycles. The molecular formula is C16H15ClO3S. The Bertz CT molecular complexity index is 615. The van der Waals surface area contributed by atoms with Crippen LogP contribution in [0.4, 0.5) is 0 Å². The Labute approximate surface area is 132 Å². The van der Waals surface area contributed by atoms with Crippen LogP contribution in [0.25, 0.3) is 0 Å². The van der Waals surface area contributed by atoms with Gasteiger partial charge in [0.05, 0.1) is 6.10 Å². The van der Waals surface area contributed by atoms with Crippen LogP contribution in [0.15, 0.2) is 47.4 Å². The SMILES string of the molecule is OC(CSc1ccc(Cl)cc1)c1ccc2c(c1)OCCO2. The molecule has 0 spiro atoms. The fourth-order valence-electron chi connectivity index (χ4n) is 2.07. The first-order valence-corrected chi connectivity index (χ1v) is 8.05. The summed E-state index contributed by atoms with van der Waals surface area (Å²) in [6, 6.07) is 13.2. The van der Waals surface area contributed by atoms with E-state index in [2.05, 4.69) is 0 Å². The number of aliphatic hydroxyl groups is 1. The highest BCUT2D eigenvalue weighted by molar-refractivity contribution is 7.99. The predicted molar refractivity (Wildman–Crippen MR) is 84.6 cm³/mol. The molecule has 0 aliphatic carbocycles. The second-order valence-corrected chi connectivity index (χ2v) is 6.21. The van der Waals surface area contributed by atoms with Gasteiger partial charge in [-0.2, -0.15) is 0 Å². The molecule has 0 saturated heterocycles. The maximum absolute atomic E-state index is 10.3. The number of ether oxygens (including phenoxy) is 2. The molecule has 1 N–H and O–H groups in total. The molecular weight excluding hydrogens is 308 g/mol. The Morgan fingerprint density at radius 1 is 1.05 bits per heavy atom. The second kappa shape index (κ2) is 6.60. The summed E-state index contributed by atoms with van der Waals surface area (Å²) in [6.45, 7) is 1.12. The van der Waals surface area contributed by atoms with Crippen LogP contribution < -0.4 is 9.47 Å². The molecule has 5 heteroatoms. The van der Waals surface area contributed by atoms with E-state index in [1.165, 1.54) is 0 Å². The fourth-order valence-corrected chi connectivity index (χ4v) is 3.07. The van der Waals surface area contributed by atoms with Gasteiger partial charge in [-0.1, -0.05) is 17.7 Å². The minimum absolute atomic E-state index is 0.548. The van der Waals surface area contributed by atoms with Crippen molar-refractivity contribution in [3.8, 4) is 11.5 Å². The number of benzene rings is 2. The van der Waals surface area contributed by atoms with Crippen LogP contribution in [0.5, 0.6) is 11.5 Å². The summed E-state index contributed by atoms with van der Waals surface area (Å²) in [7, 11) is 0. The van der Waals surface area contributed by atoms with Crippen molar-refractivity contribution >= 4 is 23.4 Å². The molecule has 0 saturated carbocycles. The second-order valence-electron chi connectivity index (χ2n) is 4.68. The largest absolute Gasteiger partial charge is 0.486 e. The van der Waals surface area contributed by atoms with Gasteiger partial charge in [0.25, 0.3) is 0 Å². The molecule has 2 aromatic carbocycles. The molecule has 2 aromatic rings. The highest BCUT2D eigenvalue weighted by Crippen LogP contribution is 2.34. The van der Waals surface area contributed by atoms with Gasteiger partial charge in [-0.15, -0.1) is 11.8 Å². The van der Waals surface area contributed by atoms with Crippen LogP contribution >= 0.6 is 23.4 Å². The third-order valence-electron chi connectivity index (χ3n) is 3.17. The van der Waals surface area contributed by atoms with E-state index in [0.29, 0.717) is 29.7 Å². The van der Waals surface area contributed by atoms with Crippen molar-refractivity contribution in [3.05, 3.63) is 53.1 Å². The van der Waals surface area contributed by atoms with Crippen molar-refractivity contribution in [2.24, 2.45) is 0 Å². The van der Waals surface area contributed by atoms with Crippen LogP contribution in [0, 0.1) is 0 Å². The molecule has 21 heavy (non-hydrogen) atoms. The zero-order valence-electron chi connectivity index (χ0n) is 11.3. The summed E-state index contributed by atoms with van der Waals surface area (Å²) in [5.41, 5.74) is 0.834. The number of fused-ring (bicyclic) bond motifs is 1. The van der Waals surface area contributed by atoms with Gasteiger partial charge in [0.2, 0.25) is 0 Å². The van der Waals surface area contributed by atoms with E-state index in [0.717, 1.165) is 16.2 Å². The van der Waals surface area contributed by atoms with Gasteiger partial charge in [0, 0.05) is 15.7 Å². The Kier molecular flexibility index (Phi) is 4.58. The normalized spacial score (nSPS) is 14.8. The molecule has 1 atom stereocenters. The van der Waals surface area contributed by atoms with Crippen LogP contribution in [0.3, 0.4) is 0 Å². The Hall–Kier alpha value is -1.36. The van der Waals surface area contributed by atoms with Crippen LogP contribution in [-0.2, 0) is 0 Å². The Morgan fingerprint density at radius 2 is 1.76 bits per heavy atom. The fraction of sp³-hybridized carbons (Fsp3) is 0.250. The number of rotatable bonds is 4. The minimum Gasteiger partial charge on any atom is -0.486 e. The molecule has 0 bridgehead atoms. The number of aliphatic hydroxyl groups excluding tert-OH is 1. The number of hydrogen-bond acceptors (Lipinski definition) is 4.